The molecule has 4 heteroatoms. The lowest BCUT2D eigenvalue weighted by molar-refractivity contribution is -0.148. The molecule has 0 radical (unpaired) electrons. The van der Waals surface area contributed by atoms with Crippen LogP contribution in [-0.4, -0.2) is 34.0 Å². The molecule has 1 amide bonds. The molecule has 2 rings (SSSR count). The maximum absolute atomic E-state index is 12.3. The third-order valence-electron chi connectivity index (χ3n) is 4.38. The zero-order valence-electron chi connectivity index (χ0n) is 11.1. The first-order chi connectivity index (χ1) is 8.56. The van der Waals surface area contributed by atoms with E-state index < -0.39 is 12.0 Å². The summed E-state index contributed by atoms with van der Waals surface area (Å²) in [5, 5.41) is 9.32. The molecule has 1 aliphatic carbocycles. The van der Waals surface area contributed by atoms with Crippen molar-refractivity contribution in [2.75, 3.05) is 0 Å². The Morgan fingerprint density at radius 2 is 1.94 bits per heavy atom. The second kappa shape index (κ2) is 5.12. The van der Waals surface area contributed by atoms with Gasteiger partial charge in [0.15, 0.2) is 0 Å². The molecule has 1 saturated carbocycles. The second-order valence-electron chi connectivity index (χ2n) is 5.39. The third kappa shape index (κ3) is 2.16. The largest absolute Gasteiger partial charge is 0.480 e. The van der Waals surface area contributed by atoms with Crippen molar-refractivity contribution in [3.8, 4) is 0 Å². The van der Waals surface area contributed by atoms with Gasteiger partial charge in [-0.2, -0.15) is 0 Å². The van der Waals surface area contributed by atoms with Gasteiger partial charge in [-0.3, -0.25) is 4.79 Å². The van der Waals surface area contributed by atoms with Crippen LogP contribution >= 0.6 is 0 Å². The number of nitrogens with zero attached hydrogens (tertiary/aromatic N) is 1. The SMILES string of the molecule is C/C=C(\C)C(=O)N1C(C(=O)O)CC2CCCCC21. The van der Waals surface area contributed by atoms with Gasteiger partial charge in [0.2, 0.25) is 5.91 Å². The van der Waals surface area contributed by atoms with Crippen LogP contribution in [0, 0.1) is 5.92 Å². The highest BCUT2D eigenvalue weighted by Gasteiger charge is 2.47. The predicted molar refractivity (Wildman–Crippen MR) is 68.1 cm³/mol. The Labute approximate surface area is 108 Å². The van der Waals surface area contributed by atoms with Crippen molar-refractivity contribution in [1.29, 1.82) is 0 Å². The number of allylic oxidation sites excluding steroid dienone is 1. The lowest BCUT2D eigenvalue weighted by Crippen LogP contribution is -2.46. The molecule has 3 unspecified atom stereocenters. The van der Waals surface area contributed by atoms with Gasteiger partial charge < -0.3 is 10.0 Å². The number of carbonyl (C=O) groups excluding carboxylic acids is 1. The van der Waals surface area contributed by atoms with Crippen LogP contribution < -0.4 is 0 Å². The monoisotopic (exact) mass is 251 g/mol. The van der Waals surface area contributed by atoms with Crippen molar-refractivity contribution < 1.29 is 14.7 Å². The Bertz CT molecular complexity index is 389. The summed E-state index contributed by atoms with van der Waals surface area (Å²) >= 11 is 0. The van der Waals surface area contributed by atoms with Crippen LogP contribution in [-0.2, 0) is 9.59 Å². The summed E-state index contributed by atoms with van der Waals surface area (Å²) in [6.45, 7) is 3.58. The summed E-state index contributed by atoms with van der Waals surface area (Å²) in [6, 6.07) is -0.484. The molecule has 4 nitrogen and oxygen atoms in total. The molecule has 1 heterocycles. The minimum Gasteiger partial charge on any atom is -0.480 e. The Balaban J connectivity index is 2.27. The molecule has 1 saturated heterocycles. The van der Waals surface area contributed by atoms with E-state index in [0.717, 1.165) is 25.7 Å². The molecule has 0 aromatic carbocycles. The maximum atomic E-state index is 12.3. The van der Waals surface area contributed by atoms with Gasteiger partial charge in [-0.15, -0.1) is 0 Å². The van der Waals surface area contributed by atoms with Crippen LogP contribution in [0.25, 0.3) is 0 Å². The molecule has 1 N–H and O–H groups in total. The zero-order chi connectivity index (χ0) is 13.3. The summed E-state index contributed by atoms with van der Waals surface area (Å²) < 4.78 is 0. The van der Waals surface area contributed by atoms with Crippen LogP contribution in [0.4, 0.5) is 0 Å². The molecule has 2 fully saturated rings. The minimum atomic E-state index is -0.860. The molecule has 3 atom stereocenters. The summed E-state index contributed by atoms with van der Waals surface area (Å²) in [4.78, 5) is 25.3. The normalized spacial score (nSPS) is 32.2. The van der Waals surface area contributed by atoms with Crippen molar-refractivity contribution in [2.45, 2.75) is 58.0 Å². The van der Waals surface area contributed by atoms with Gasteiger partial charge in [-0.05, 0) is 39.0 Å². The van der Waals surface area contributed by atoms with E-state index in [1.165, 1.54) is 0 Å². The minimum absolute atomic E-state index is 0.0979. The molecule has 18 heavy (non-hydrogen) atoms. The summed E-state index contributed by atoms with van der Waals surface area (Å²) in [5.74, 6) is -0.575. The molecule has 0 aromatic rings. The smallest absolute Gasteiger partial charge is 0.326 e. The predicted octanol–water partition coefficient (Wildman–Crippen LogP) is 2.20. The van der Waals surface area contributed by atoms with E-state index in [-0.39, 0.29) is 11.9 Å². The molecule has 100 valence electrons. The van der Waals surface area contributed by atoms with Crippen LogP contribution in [0.5, 0.6) is 0 Å². The first-order valence-electron chi connectivity index (χ1n) is 6.74. The Kier molecular flexibility index (Phi) is 3.73. The van der Waals surface area contributed by atoms with Gasteiger partial charge >= 0.3 is 5.97 Å². The number of likely N-dealkylation sites (tertiary alicyclic amines) is 1. The standard InChI is InChI=1S/C14H21NO3/c1-3-9(2)13(16)15-11-7-5-4-6-10(11)8-12(15)14(17)18/h3,10-12H,4-8H2,1-2H3,(H,17,18)/b9-3+. The van der Waals surface area contributed by atoms with E-state index in [2.05, 4.69) is 0 Å². The summed E-state index contributed by atoms with van der Waals surface area (Å²) in [6.07, 6.45) is 6.68. The fourth-order valence-electron chi connectivity index (χ4n) is 3.30. The number of rotatable bonds is 2. The lowest BCUT2D eigenvalue weighted by Gasteiger charge is -2.33. The molecule has 0 aromatic heterocycles. The van der Waals surface area contributed by atoms with E-state index in [0.29, 0.717) is 17.9 Å². The van der Waals surface area contributed by atoms with Crippen molar-refractivity contribution in [3.05, 3.63) is 11.6 Å². The zero-order valence-corrected chi connectivity index (χ0v) is 11.1. The average Bonchev–Trinajstić information content (AvgIpc) is 2.76. The Morgan fingerprint density at radius 3 is 2.56 bits per heavy atom. The summed E-state index contributed by atoms with van der Waals surface area (Å²) in [7, 11) is 0. The first-order valence-corrected chi connectivity index (χ1v) is 6.74. The van der Waals surface area contributed by atoms with Crippen LogP contribution in [0.3, 0.4) is 0 Å². The highest BCUT2D eigenvalue weighted by molar-refractivity contribution is 5.96. The number of carboxylic acid groups (broad SMARTS) is 1. The number of aliphatic carboxylic acids is 1. The van der Waals surface area contributed by atoms with Gasteiger partial charge in [0.05, 0.1) is 0 Å². The van der Waals surface area contributed by atoms with Gasteiger partial charge in [0.1, 0.15) is 6.04 Å². The van der Waals surface area contributed by atoms with Gasteiger partial charge in [0, 0.05) is 11.6 Å². The second-order valence-corrected chi connectivity index (χ2v) is 5.39. The number of amides is 1. The highest BCUT2D eigenvalue weighted by Crippen LogP contribution is 2.40. The van der Waals surface area contributed by atoms with E-state index in [9.17, 15) is 14.7 Å². The van der Waals surface area contributed by atoms with Crippen LogP contribution in [0.15, 0.2) is 11.6 Å². The van der Waals surface area contributed by atoms with E-state index in [1.807, 2.05) is 6.92 Å². The summed E-state index contributed by atoms with van der Waals surface area (Å²) in [5.41, 5.74) is 0.646. The van der Waals surface area contributed by atoms with E-state index >= 15 is 0 Å². The lowest BCUT2D eigenvalue weighted by atomic mass is 9.84. The van der Waals surface area contributed by atoms with Crippen LogP contribution in [0.2, 0.25) is 0 Å². The molecule has 2 aliphatic rings. The van der Waals surface area contributed by atoms with Crippen molar-refractivity contribution in [2.24, 2.45) is 5.92 Å². The molecule has 1 aliphatic heterocycles. The molecular formula is C14H21NO3. The number of carboxylic acids is 1. The van der Waals surface area contributed by atoms with Crippen LogP contribution in [0.1, 0.15) is 46.0 Å². The third-order valence-corrected chi connectivity index (χ3v) is 4.38. The average molecular weight is 251 g/mol. The number of hydrogen-bond donors (Lipinski definition) is 1. The van der Waals surface area contributed by atoms with E-state index in [1.54, 1.807) is 17.9 Å². The topological polar surface area (TPSA) is 57.6 Å². The van der Waals surface area contributed by atoms with Crippen molar-refractivity contribution >= 4 is 11.9 Å². The number of fused-ring (bicyclic) bond motifs is 1. The number of hydrogen-bond acceptors (Lipinski definition) is 2. The quantitative estimate of drug-likeness (QED) is 0.765. The van der Waals surface area contributed by atoms with Crippen molar-refractivity contribution in [1.82, 2.24) is 4.90 Å². The Hall–Kier alpha value is -1.32. The first kappa shape index (κ1) is 13.1. The highest BCUT2D eigenvalue weighted by atomic mass is 16.4. The van der Waals surface area contributed by atoms with E-state index in [4.69, 9.17) is 0 Å². The van der Waals surface area contributed by atoms with Gasteiger partial charge in [-0.25, -0.2) is 4.79 Å². The van der Waals surface area contributed by atoms with Crippen molar-refractivity contribution in [3.63, 3.8) is 0 Å². The van der Waals surface area contributed by atoms with Gasteiger partial charge in [-0.1, -0.05) is 18.9 Å². The number of carbonyl (C=O) groups is 2. The molecule has 0 bridgehead atoms. The van der Waals surface area contributed by atoms with Gasteiger partial charge in [0.25, 0.3) is 0 Å². The maximum Gasteiger partial charge on any atom is 0.326 e. The molecular weight excluding hydrogens is 230 g/mol. The fourth-order valence-corrected chi connectivity index (χ4v) is 3.30. The molecule has 0 spiro atoms. The Morgan fingerprint density at radius 1 is 1.28 bits per heavy atom. The fraction of sp³-hybridized carbons (Fsp3) is 0.714.